The van der Waals surface area contributed by atoms with Gasteiger partial charge in [0.25, 0.3) is 0 Å². The van der Waals surface area contributed by atoms with Crippen LogP contribution in [0.15, 0.2) is 18.2 Å². The second-order valence-electron chi connectivity index (χ2n) is 2.42. The molecule has 5 heteroatoms. The van der Waals surface area contributed by atoms with E-state index in [4.69, 9.17) is 0 Å². The average Bonchev–Trinajstić information content (AvgIpc) is 2.29. The fourth-order valence-corrected chi connectivity index (χ4v) is 1.13. The van der Waals surface area contributed by atoms with Crippen molar-refractivity contribution in [1.82, 2.24) is 4.98 Å². The number of rotatable bonds is 0. The number of aromatic nitrogens is 1. The average molecular weight is 208 g/mol. The van der Waals surface area contributed by atoms with Crippen LogP contribution < -0.4 is 0 Å². The number of aromatic amines is 1. The Morgan fingerprint density at radius 1 is 1.08 bits per heavy atom. The van der Waals surface area contributed by atoms with Gasteiger partial charge in [0.05, 0.1) is 10.9 Å². The minimum atomic E-state index is -1.16. The summed E-state index contributed by atoms with van der Waals surface area (Å²) in [6.45, 7) is 0. The first-order chi connectivity index (χ1) is 5.70. The standard InChI is InChI=1S/C8H4F3N.ClH/c9-4-2-1-3-5-6(4)7(10)8(11)12-5;/h1-3,12H;1H. The summed E-state index contributed by atoms with van der Waals surface area (Å²) in [5, 5.41) is -0.324. The van der Waals surface area contributed by atoms with Crippen molar-refractivity contribution in [3.8, 4) is 0 Å². The van der Waals surface area contributed by atoms with E-state index in [0.717, 1.165) is 6.07 Å². The van der Waals surface area contributed by atoms with E-state index in [1.807, 2.05) is 0 Å². The minimum absolute atomic E-state index is 0. The van der Waals surface area contributed by atoms with Crippen LogP contribution in [-0.4, -0.2) is 4.98 Å². The number of fused-ring (bicyclic) bond motifs is 1. The lowest BCUT2D eigenvalue weighted by atomic mass is 10.2. The fraction of sp³-hybridized carbons (Fsp3) is 0. The topological polar surface area (TPSA) is 15.8 Å². The van der Waals surface area contributed by atoms with Crippen LogP contribution in [0.5, 0.6) is 0 Å². The van der Waals surface area contributed by atoms with Crippen molar-refractivity contribution >= 4 is 23.3 Å². The smallest absolute Gasteiger partial charge is 0.228 e. The Kier molecular flexibility index (Phi) is 2.52. The van der Waals surface area contributed by atoms with E-state index in [9.17, 15) is 13.2 Å². The van der Waals surface area contributed by atoms with Gasteiger partial charge < -0.3 is 4.98 Å². The van der Waals surface area contributed by atoms with Crippen molar-refractivity contribution in [2.75, 3.05) is 0 Å². The zero-order chi connectivity index (χ0) is 8.72. The van der Waals surface area contributed by atoms with Gasteiger partial charge >= 0.3 is 0 Å². The number of H-pyrrole nitrogens is 1. The van der Waals surface area contributed by atoms with Gasteiger partial charge in [0.2, 0.25) is 5.95 Å². The van der Waals surface area contributed by atoms with Crippen molar-refractivity contribution < 1.29 is 13.2 Å². The molecule has 70 valence electrons. The highest BCUT2D eigenvalue weighted by Crippen LogP contribution is 2.22. The zero-order valence-electron chi connectivity index (χ0n) is 6.27. The second kappa shape index (κ2) is 3.30. The molecule has 0 spiro atoms. The SMILES string of the molecule is Cl.Fc1[nH]c2cccc(F)c2c1F. The molecule has 0 unspecified atom stereocenters. The molecule has 0 radical (unpaired) electrons. The van der Waals surface area contributed by atoms with E-state index in [0.29, 0.717) is 0 Å². The zero-order valence-corrected chi connectivity index (χ0v) is 7.09. The predicted molar refractivity (Wildman–Crippen MR) is 45.4 cm³/mol. The molecule has 2 aromatic rings. The number of hydrogen-bond donors (Lipinski definition) is 1. The monoisotopic (exact) mass is 207 g/mol. The third-order valence-electron chi connectivity index (χ3n) is 1.67. The summed E-state index contributed by atoms with van der Waals surface area (Å²) in [6, 6.07) is 3.87. The summed E-state index contributed by atoms with van der Waals surface area (Å²) < 4.78 is 38.1. The van der Waals surface area contributed by atoms with Crippen LogP contribution >= 0.6 is 12.4 Å². The fourth-order valence-electron chi connectivity index (χ4n) is 1.13. The second-order valence-corrected chi connectivity index (χ2v) is 2.42. The Morgan fingerprint density at radius 3 is 2.38 bits per heavy atom. The van der Waals surface area contributed by atoms with Crippen LogP contribution in [0.25, 0.3) is 10.9 Å². The molecule has 1 aromatic carbocycles. The Morgan fingerprint density at radius 2 is 1.77 bits per heavy atom. The normalized spacial score (nSPS) is 10.1. The first-order valence-corrected chi connectivity index (χ1v) is 3.31. The quantitative estimate of drug-likeness (QED) is 0.684. The Balaban J connectivity index is 0.000000845. The van der Waals surface area contributed by atoms with Gasteiger partial charge in [-0.15, -0.1) is 12.4 Å². The highest BCUT2D eigenvalue weighted by atomic mass is 35.5. The summed E-state index contributed by atoms with van der Waals surface area (Å²) in [6.07, 6.45) is 0. The molecule has 13 heavy (non-hydrogen) atoms. The molecular formula is C8H5ClF3N. The van der Waals surface area contributed by atoms with Gasteiger partial charge in [0, 0.05) is 0 Å². The molecule has 1 heterocycles. The van der Waals surface area contributed by atoms with Gasteiger partial charge in [0.15, 0.2) is 5.82 Å². The largest absolute Gasteiger partial charge is 0.329 e. The van der Waals surface area contributed by atoms with Crippen molar-refractivity contribution in [3.63, 3.8) is 0 Å². The molecule has 0 aliphatic rings. The molecular weight excluding hydrogens is 203 g/mol. The highest BCUT2D eigenvalue weighted by Gasteiger charge is 2.13. The maximum absolute atomic E-state index is 12.8. The van der Waals surface area contributed by atoms with Gasteiger partial charge in [-0.3, -0.25) is 0 Å². The third kappa shape index (κ3) is 1.37. The highest BCUT2D eigenvalue weighted by molar-refractivity contribution is 5.85. The molecule has 1 nitrogen and oxygen atoms in total. The summed E-state index contributed by atoms with van der Waals surface area (Å²) in [5.74, 6) is -3.05. The molecule has 0 aliphatic heterocycles. The molecule has 0 aliphatic carbocycles. The number of halogens is 4. The van der Waals surface area contributed by atoms with E-state index in [-0.39, 0.29) is 23.3 Å². The van der Waals surface area contributed by atoms with Crippen molar-refractivity contribution in [2.45, 2.75) is 0 Å². The number of nitrogens with one attached hydrogen (secondary N) is 1. The van der Waals surface area contributed by atoms with Crippen LogP contribution in [0.4, 0.5) is 13.2 Å². The van der Waals surface area contributed by atoms with Crippen molar-refractivity contribution in [3.05, 3.63) is 35.8 Å². The Bertz CT molecular complexity index is 438. The van der Waals surface area contributed by atoms with Crippen LogP contribution in [0.3, 0.4) is 0 Å². The molecule has 1 aromatic heterocycles. The molecule has 0 saturated carbocycles. The van der Waals surface area contributed by atoms with E-state index in [1.165, 1.54) is 12.1 Å². The Hall–Kier alpha value is -1.16. The summed E-state index contributed by atoms with van der Waals surface area (Å²) >= 11 is 0. The van der Waals surface area contributed by atoms with Crippen molar-refractivity contribution in [2.24, 2.45) is 0 Å². The lowest BCUT2D eigenvalue weighted by molar-refractivity contribution is 0.495. The molecule has 0 bridgehead atoms. The molecule has 1 N–H and O–H groups in total. The lowest BCUT2D eigenvalue weighted by Gasteiger charge is -1.89. The van der Waals surface area contributed by atoms with Crippen molar-refractivity contribution in [1.29, 1.82) is 0 Å². The maximum Gasteiger partial charge on any atom is 0.228 e. The molecule has 2 rings (SSSR count). The van der Waals surface area contributed by atoms with Gasteiger partial charge in [0.1, 0.15) is 5.82 Å². The summed E-state index contributed by atoms with van der Waals surface area (Å²) in [7, 11) is 0. The van der Waals surface area contributed by atoms with Gasteiger partial charge in [-0.05, 0) is 12.1 Å². The molecule has 0 fully saturated rings. The van der Waals surface area contributed by atoms with E-state index in [1.54, 1.807) is 0 Å². The lowest BCUT2D eigenvalue weighted by Crippen LogP contribution is -1.78. The first kappa shape index (κ1) is 9.92. The van der Waals surface area contributed by atoms with Gasteiger partial charge in [-0.25, -0.2) is 8.78 Å². The predicted octanol–water partition coefficient (Wildman–Crippen LogP) is 3.01. The molecule has 0 saturated heterocycles. The van der Waals surface area contributed by atoms with Gasteiger partial charge in [-0.1, -0.05) is 6.07 Å². The van der Waals surface area contributed by atoms with E-state index in [2.05, 4.69) is 4.98 Å². The molecule has 0 amide bonds. The number of benzene rings is 1. The minimum Gasteiger partial charge on any atom is -0.329 e. The van der Waals surface area contributed by atoms with E-state index < -0.39 is 17.6 Å². The van der Waals surface area contributed by atoms with Crippen LogP contribution in [0, 0.1) is 17.6 Å². The first-order valence-electron chi connectivity index (χ1n) is 3.31. The van der Waals surface area contributed by atoms with E-state index >= 15 is 0 Å². The number of hydrogen-bond acceptors (Lipinski definition) is 0. The third-order valence-corrected chi connectivity index (χ3v) is 1.67. The summed E-state index contributed by atoms with van der Waals surface area (Å²) in [5.41, 5.74) is 0.130. The van der Waals surface area contributed by atoms with Crippen LogP contribution in [0.2, 0.25) is 0 Å². The molecule has 0 atom stereocenters. The maximum atomic E-state index is 12.8. The van der Waals surface area contributed by atoms with Gasteiger partial charge in [-0.2, -0.15) is 4.39 Å². The van der Waals surface area contributed by atoms with Crippen LogP contribution in [-0.2, 0) is 0 Å². The summed E-state index contributed by atoms with van der Waals surface area (Å²) in [4.78, 5) is 2.09. The van der Waals surface area contributed by atoms with Crippen LogP contribution in [0.1, 0.15) is 0 Å². The Labute approximate surface area is 78.0 Å².